The highest BCUT2D eigenvalue weighted by Gasteiger charge is 2.41. The van der Waals surface area contributed by atoms with E-state index in [-0.39, 0.29) is 5.70 Å². The summed E-state index contributed by atoms with van der Waals surface area (Å²) in [6.07, 6.45) is 0. The molecule has 2 amide bonds. The van der Waals surface area contributed by atoms with Gasteiger partial charge in [-0.1, -0.05) is 65.7 Å². The standard InChI is InChI=1S/C23H16Cl2N2O2/c1-14-13-16(24)11-12-18(14)26-21-20(15-7-3-2-4-8-15)22(28)27(23(21)29)19-10-6-5-9-17(19)25/h2-13,26H,1H3. The summed E-state index contributed by atoms with van der Waals surface area (Å²) >= 11 is 12.3. The van der Waals surface area contributed by atoms with Crippen LogP contribution in [0.15, 0.2) is 78.5 Å². The fourth-order valence-electron chi connectivity index (χ4n) is 3.27. The van der Waals surface area contributed by atoms with E-state index in [4.69, 9.17) is 23.2 Å². The van der Waals surface area contributed by atoms with Crippen molar-refractivity contribution in [1.82, 2.24) is 0 Å². The normalized spacial score (nSPS) is 14.0. The van der Waals surface area contributed by atoms with Gasteiger partial charge in [-0.05, 0) is 48.4 Å². The highest BCUT2D eigenvalue weighted by molar-refractivity contribution is 6.48. The van der Waals surface area contributed by atoms with Gasteiger partial charge in [-0.15, -0.1) is 0 Å². The summed E-state index contributed by atoms with van der Waals surface area (Å²) in [4.78, 5) is 27.8. The Morgan fingerprint density at radius 2 is 1.52 bits per heavy atom. The smallest absolute Gasteiger partial charge is 0.282 e. The Morgan fingerprint density at radius 1 is 0.828 bits per heavy atom. The lowest BCUT2D eigenvalue weighted by Crippen LogP contribution is -2.32. The second kappa shape index (κ2) is 7.74. The van der Waals surface area contributed by atoms with E-state index in [1.54, 1.807) is 54.6 Å². The minimum atomic E-state index is -0.462. The van der Waals surface area contributed by atoms with Crippen LogP contribution in [0.1, 0.15) is 11.1 Å². The number of para-hydroxylation sites is 1. The maximum atomic E-state index is 13.3. The third-order valence-corrected chi connectivity index (χ3v) is 5.24. The molecule has 0 aromatic heterocycles. The molecule has 0 fully saturated rings. The van der Waals surface area contributed by atoms with Gasteiger partial charge in [0.05, 0.1) is 16.3 Å². The average molecular weight is 423 g/mol. The first kappa shape index (κ1) is 19.2. The van der Waals surface area contributed by atoms with Gasteiger partial charge in [0.2, 0.25) is 0 Å². The van der Waals surface area contributed by atoms with E-state index in [0.29, 0.717) is 32.6 Å². The van der Waals surface area contributed by atoms with Crippen molar-refractivity contribution in [3.8, 4) is 0 Å². The molecule has 0 aliphatic carbocycles. The molecule has 0 saturated carbocycles. The number of amides is 2. The largest absolute Gasteiger partial charge is 0.350 e. The summed E-state index contributed by atoms with van der Waals surface area (Å²) in [5.41, 5.74) is 3.04. The van der Waals surface area contributed by atoms with Crippen molar-refractivity contribution in [3.63, 3.8) is 0 Å². The Balaban J connectivity index is 1.85. The second-order valence-electron chi connectivity index (χ2n) is 6.60. The Bertz CT molecular complexity index is 1160. The number of benzene rings is 3. The lowest BCUT2D eigenvalue weighted by molar-refractivity contribution is -0.120. The third-order valence-electron chi connectivity index (χ3n) is 4.69. The number of aryl methyl sites for hydroxylation is 1. The Kier molecular flexibility index (Phi) is 5.14. The number of imide groups is 1. The molecule has 6 heteroatoms. The van der Waals surface area contributed by atoms with Crippen molar-refractivity contribution < 1.29 is 9.59 Å². The molecule has 1 aliphatic rings. The second-order valence-corrected chi connectivity index (χ2v) is 7.44. The van der Waals surface area contributed by atoms with Crippen LogP contribution in [0.25, 0.3) is 5.57 Å². The SMILES string of the molecule is Cc1cc(Cl)ccc1NC1=C(c2ccccc2)C(=O)N(c2ccccc2Cl)C1=O. The van der Waals surface area contributed by atoms with Crippen LogP contribution in [0.4, 0.5) is 11.4 Å². The van der Waals surface area contributed by atoms with Gasteiger partial charge in [0, 0.05) is 10.7 Å². The number of nitrogens with one attached hydrogen (secondary N) is 1. The zero-order valence-corrected chi connectivity index (χ0v) is 17.0. The fraction of sp³-hybridized carbons (Fsp3) is 0.0435. The summed E-state index contributed by atoms with van der Waals surface area (Å²) < 4.78 is 0. The van der Waals surface area contributed by atoms with Crippen LogP contribution in [-0.4, -0.2) is 11.8 Å². The van der Waals surface area contributed by atoms with Crippen molar-refractivity contribution in [2.24, 2.45) is 0 Å². The number of anilines is 2. The van der Waals surface area contributed by atoms with Gasteiger partial charge >= 0.3 is 0 Å². The number of nitrogens with zero attached hydrogens (tertiary/aromatic N) is 1. The van der Waals surface area contributed by atoms with Gasteiger partial charge < -0.3 is 5.32 Å². The van der Waals surface area contributed by atoms with Gasteiger partial charge in [0.1, 0.15) is 5.70 Å². The molecule has 3 aromatic rings. The molecule has 4 rings (SSSR count). The number of carbonyl (C=O) groups is 2. The van der Waals surface area contributed by atoms with Crippen molar-refractivity contribution in [1.29, 1.82) is 0 Å². The lowest BCUT2D eigenvalue weighted by atomic mass is 10.0. The lowest BCUT2D eigenvalue weighted by Gasteiger charge is -2.17. The summed E-state index contributed by atoms with van der Waals surface area (Å²) in [7, 11) is 0. The third kappa shape index (κ3) is 3.53. The van der Waals surface area contributed by atoms with Crippen LogP contribution in [0.5, 0.6) is 0 Å². The van der Waals surface area contributed by atoms with Crippen molar-refractivity contribution >= 4 is 52.0 Å². The molecule has 0 bridgehead atoms. The predicted octanol–water partition coefficient (Wildman–Crippen LogP) is 5.70. The molecular weight excluding hydrogens is 407 g/mol. The van der Waals surface area contributed by atoms with Crippen LogP contribution < -0.4 is 10.2 Å². The summed E-state index contributed by atoms with van der Waals surface area (Å²) in [6.45, 7) is 1.88. The zero-order valence-electron chi connectivity index (χ0n) is 15.4. The van der Waals surface area contributed by atoms with Crippen LogP contribution in [0, 0.1) is 6.92 Å². The molecule has 0 radical (unpaired) electrons. The van der Waals surface area contributed by atoms with Gasteiger partial charge in [-0.3, -0.25) is 9.59 Å². The van der Waals surface area contributed by atoms with E-state index >= 15 is 0 Å². The van der Waals surface area contributed by atoms with E-state index < -0.39 is 11.8 Å². The Hall–Kier alpha value is -3.08. The molecule has 29 heavy (non-hydrogen) atoms. The van der Waals surface area contributed by atoms with E-state index in [1.807, 2.05) is 25.1 Å². The maximum Gasteiger partial charge on any atom is 0.282 e. The average Bonchev–Trinajstić information content (AvgIpc) is 2.95. The van der Waals surface area contributed by atoms with Gasteiger partial charge in [-0.2, -0.15) is 0 Å². The number of carbonyl (C=O) groups excluding carboxylic acids is 2. The molecule has 0 atom stereocenters. The summed E-state index contributed by atoms with van der Waals surface area (Å²) in [5.74, 6) is -0.889. The molecule has 3 aromatic carbocycles. The first-order chi connectivity index (χ1) is 14.0. The maximum absolute atomic E-state index is 13.3. The Morgan fingerprint density at radius 3 is 2.21 bits per heavy atom. The first-order valence-electron chi connectivity index (χ1n) is 8.93. The monoisotopic (exact) mass is 422 g/mol. The fourth-order valence-corrected chi connectivity index (χ4v) is 3.72. The van der Waals surface area contributed by atoms with Crippen LogP contribution >= 0.6 is 23.2 Å². The van der Waals surface area contributed by atoms with Gasteiger partial charge in [0.25, 0.3) is 11.8 Å². The van der Waals surface area contributed by atoms with Crippen LogP contribution in [0.2, 0.25) is 10.0 Å². The number of halogens is 2. The Labute approximate surface area is 178 Å². The number of rotatable bonds is 4. The number of hydrogen-bond donors (Lipinski definition) is 1. The van der Waals surface area contributed by atoms with Gasteiger partial charge in [-0.25, -0.2) is 4.90 Å². The quantitative estimate of drug-likeness (QED) is 0.548. The van der Waals surface area contributed by atoms with Gasteiger partial charge in [0.15, 0.2) is 0 Å². The minimum absolute atomic E-state index is 0.201. The van der Waals surface area contributed by atoms with Crippen LogP contribution in [0.3, 0.4) is 0 Å². The topological polar surface area (TPSA) is 49.4 Å². The van der Waals surface area contributed by atoms with Crippen molar-refractivity contribution in [2.75, 3.05) is 10.2 Å². The van der Waals surface area contributed by atoms with Crippen molar-refractivity contribution in [3.05, 3.63) is 99.7 Å². The molecule has 1 N–H and O–H groups in total. The van der Waals surface area contributed by atoms with Crippen LogP contribution in [-0.2, 0) is 9.59 Å². The number of hydrogen-bond acceptors (Lipinski definition) is 3. The van der Waals surface area contributed by atoms with E-state index in [0.717, 1.165) is 10.5 Å². The van der Waals surface area contributed by atoms with E-state index in [9.17, 15) is 9.59 Å². The molecule has 4 nitrogen and oxygen atoms in total. The van der Waals surface area contributed by atoms with E-state index in [1.165, 1.54) is 0 Å². The predicted molar refractivity (Wildman–Crippen MR) is 117 cm³/mol. The highest BCUT2D eigenvalue weighted by Crippen LogP contribution is 2.37. The highest BCUT2D eigenvalue weighted by atomic mass is 35.5. The van der Waals surface area contributed by atoms with E-state index in [2.05, 4.69) is 5.32 Å². The summed E-state index contributed by atoms with van der Waals surface area (Å²) in [5, 5.41) is 4.07. The molecular formula is C23H16Cl2N2O2. The molecule has 0 saturated heterocycles. The molecule has 1 heterocycles. The zero-order chi connectivity index (χ0) is 20.5. The molecule has 144 valence electrons. The first-order valence-corrected chi connectivity index (χ1v) is 9.69. The molecule has 0 spiro atoms. The van der Waals surface area contributed by atoms with Crippen molar-refractivity contribution in [2.45, 2.75) is 6.92 Å². The molecule has 0 unspecified atom stereocenters. The summed E-state index contributed by atoms with van der Waals surface area (Å²) in [6, 6.07) is 21.2. The molecule has 1 aliphatic heterocycles. The minimum Gasteiger partial charge on any atom is -0.350 e.